The Bertz CT molecular complexity index is 485. The minimum absolute atomic E-state index is 0.178. The van der Waals surface area contributed by atoms with Crippen LogP contribution >= 0.6 is 0 Å². The van der Waals surface area contributed by atoms with Crippen molar-refractivity contribution in [3.05, 3.63) is 35.9 Å². The number of rotatable bonds is 4. The van der Waals surface area contributed by atoms with E-state index in [0.29, 0.717) is 12.5 Å². The van der Waals surface area contributed by atoms with E-state index in [1.807, 2.05) is 6.07 Å². The summed E-state index contributed by atoms with van der Waals surface area (Å²) in [6, 6.07) is 10.6. The van der Waals surface area contributed by atoms with E-state index < -0.39 is 0 Å². The highest BCUT2D eigenvalue weighted by Gasteiger charge is 2.30. The molecule has 4 heteroatoms. The molecule has 0 aromatic heterocycles. The fraction of sp³-hybridized carbons (Fsp3) is 0.611. The van der Waals surface area contributed by atoms with Gasteiger partial charge in [0.15, 0.2) is 0 Å². The maximum atomic E-state index is 12.7. The zero-order valence-corrected chi connectivity index (χ0v) is 13.4. The summed E-state index contributed by atoms with van der Waals surface area (Å²) < 4.78 is 5.64. The van der Waals surface area contributed by atoms with Gasteiger partial charge in [-0.25, -0.2) is 0 Å². The third kappa shape index (κ3) is 3.68. The van der Waals surface area contributed by atoms with E-state index in [1.54, 1.807) is 0 Å². The monoisotopic (exact) mass is 302 g/mol. The summed E-state index contributed by atoms with van der Waals surface area (Å²) in [6.07, 6.45) is 4.02. The lowest BCUT2D eigenvalue weighted by Gasteiger charge is -2.40. The zero-order chi connectivity index (χ0) is 15.4. The molecule has 2 saturated heterocycles. The van der Waals surface area contributed by atoms with E-state index in [0.717, 1.165) is 45.5 Å². The second kappa shape index (κ2) is 7.25. The standard InChI is InChI=1S/C18H26N2O2/c1-19-11-12-20(17(14-19)15-6-3-2-4-7-15)18(21)10-9-16-8-5-13-22-16/h2-4,6-7,16-17H,5,8-14H2,1H3/t16-,17-/m1/s1. The minimum atomic E-state index is 0.178. The quantitative estimate of drug-likeness (QED) is 0.856. The summed E-state index contributed by atoms with van der Waals surface area (Å²) >= 11 is 0. The lowest BCUT2D eigenvalue weighted by atomic mass is 10.0. The number of amides is 1. The molecule has 0 radical (unpaired) electrons. The lowest BCUT2D eigenvalue weighted by Crippen LogP contribution is -2.49. The van der Waals surface area contributed by atoms with Crippen LogP contribution in [0.25, 0.3) is 0 Å². The van der Waals surface area contributed by atoms with Gasteiger partial charge < -0.3 is 14.5 Å². The highest BCUT2D eigenvalue weighted by atomic mass is 16.5. The number of nitrogens with zero attached hydrogens (tertiary/aromatic N) is 2. The summed E-state index contributed by atoms with van der Waals surface area (Å²) in [5, 5.41) is 0. The van der Waals surface area contributed by atoms with Crippen molar-refractivity contribution < 1.29 is 9.53 Å². The van der Waals surface area contributed by atoms with Gasteiger partial charge in [0.05, 0.1) is 12.1 Å². The average Bonchev–Trinajstić information content (AvgIpc) is 3.07. The van der Waals surface area contributed by atoms with Crippen LogP contribution in [0.2, 0.25) is 0 Å². The number of hydrogen-bond donors (Lipinski definition) is 0. The van der Waals surface area contributed by atoms with E-state index in [2.05, 4.69) is 41.1 Å². The van der Waals surface area contributed by atoms with Crippen molar-refractivity contribution in [2.24, 2.45) is 0 Å². The Kier molecular flexibility index (Phi) is 5.11. The Hall–Kier alpha value is -1.39. The Morgan fingerprint density at radius 3 is 2.82 bits per heavy atom. The number of hydrogen-bond acceptors (Lipinski definition) is 3. The zero-order valence-electron chi connectivity index (χ0n) is 13.4. The molecule has 0 saturated carbocycles. The predicted octanol–water partition coefficient (Wildman–Crippen LogP) is 2.46. The van der Waals surface area contributed by atoms with Crippen LogP contribution in [0.4, 0.5) is 0 Å². The van der Waals surface area contributed by atoms with Crippen LogP contribution in [0, 0.1) is 0 Å². The fourth-order valence-corrected chi connectivity index (χ4v) is 3.48. The van der Waals surface area contributed by atoms with Gasteiger partial charge in [0.1, 0.15) is 0 Å². The molecule has 1 aromatic rings. The molecule has 2 atom stereocenters. The SMILES string of the molecule is CN1CCN(C(=O)CC[C@H]2CCCO2)[C@@H](c2ccccc2)C1. The Morgan fingerprint density at radius 1 is 1.27 bits per heavy atom. The van der Waals surface area contributed by atoms with Gasteiger partial charge in [-0.2, -0.15) is 0 Å². The molecule has 0 aliphatic carbocycles. The molecule has 1 amide bonds. The van der Waals surface area contributed by atoms with Crippen molar-refractivity contribution in [2.75, 3.05) is 33.3 Å². The summed E-state index contributed by atoms with van der Waals surface area (Å²) in [5.74, 6) is 0.275. The van der Waals surface area contributed by atoms with Gasteiger partial charge in [-0.3, -0.25) is 4.79 Å². The molecular weight excluding hydrogens is 276 g/mol. The Balaban J connectivity index is 1.65. The maximum absolute atomic E-state index is 12.7. The van der Waals surface area contributed by atoms with Gasteiger partial charge in [-0.1, -0.05) is 30.3 Å². The lowest BCUT2D eigenvalue weighted by molar-refractivity contribution is -0.136. The first-order valence-corrected chi connectivity index (χ1v) is 8.38. The fourth-order valence-electron chi connectivity index (χ4n) is 3.48. The number of ether oxygens (including phenoxy) is 1. The topological polar surface area (TPSA) is 32.8 Å². The molecule has 0 unspecified atom stereocenters. The van der Waals surface area contributed by atoms with Crippen molar-refractivity contribution in [3.8, 4) is 0 Å². The van der Waals surface area contributed by atoms with Gasteiger partial charge in [0.25, 0.3) is 0 Å². The van der Waals surface area contributed by atoms with Gasteiger partial charge in [-0.05, 0) is 31.9 Å². The molecular formula is C18H26N2O2. The molecule has 4 nitrogen and oxygen atoms in total. The Labute approximate surface area is 133 Å². The summed E-state index contributed by atoms with van der Waals surface area (Å²) in [6.45, 7) is 3.55. The molecule has 120 valence electrons. The molecule has 3 rings (SSSR count). The van der Waals surface area contributed by atoms with Crippen LogP contribution in [0.1, 0.15) is 37.3 Å². The van der Waals surface area contributed by atoms with Crippen molar-refractivity contribution in [1.29, 1.82) is 0 Å². The second-order valence-electron chi connectivity index (χ2n) is 6.45. The molecule has 22 heavy (non-hydrogen) atoms. The van der Waals surface area contributed by atoms with Crippen LogP contribution < -0.4 is 0 Å². The summed E-state index contributed by atoms with van der Waals surface area (Å²) in [5.41, 5.74) is 1.24. The number of likely N-dealkylation sites (N-methyl/N-ethyl adjacent to an activating group) is 1. The van der Waals surface area contributed by atoms with Crippen molar-refractivity contribution >= 4 is 5.91 Å². The average molecular weight is 302 g/mol. The van der Waals surface area contributed by atoms with Crippen LogP contribution in [0.15, 0.2) is 30.3 Å². The molecule has 1 aromatic carbocycles. The second-order valence-corrected chi connectivity index (χ2v) is 6.45. The van der Waals surface area contributed by atoms with Gasteiger partial charge in [0.2, 0.25) is 5.91 Å². The highest BCUT2D eigenvalue weighted by molar-refractivity contribution is 5.77. The first-order chi connectivity index (χ1) is 10.7. The third-order valence-electron chi connectivity index (χ3n) is 4.79. The first kappa shape index (κ1) is 15.5. The van der Waals surface area contributed by atoms with Crippen molar-refractivity contribution in [1.82, 2.24) is 9.80 Å². The predicted molar refractivity (Wildman–Crippen MR) is 86.6 cm³/mol. The van der Waals surface area contributed by atoms with E-state index in [-0.39, 0.29) is 11.9 Å². The van der Waals surface area contributed by atoms with Crippen LogP contribution in [-0.2, 0) is 9.53 Å². The molecule has 2 heterocycles. The van der Waals surface area contributed by atoms with E-state index in [9.17, 15) is 4.79 Å². The van der Waals surface area contributed by atoms with E-state index in [1.165, 1.54) is 5.56 Å². The smallest absolute Gasteiger partial charge is 0.223 e. The van der Waals surface area contributed by atoms with Gasteiger partial charge in [-0.15, -0.1) is 0 Å². The summed E-state index contributed by atoms with van der Waals surface area (Å²) in [4.78, 5) is 17.1. The molecule has 0 N–H and O–H groups in total. The molecule has 2 aliphatic heterocycles. The molecule has 0 spiro atoms. The molecule has 2 fully saturated rings. The minimum Gasteiger partial charge on any atom is -0.378 e. The Morgan fingerprint density at radius 2 is 2.09 bits per heavy atom. The molecule has 2 aliphatic rings. The highest BCUT2D eigenvalue weighted by Crippen LogP contribution is 2.26. The van der Waals surface area contributed by atoms with E-state index in [4.69, 9.17) is 4.74 Å². The van der Waals surface area contributed by atoms with Crippen LogP contribution in [0.5, 0.6) is 0 Å². The van der Waals surface area contributed by atoms with Gasteiger partial charge in [0, 0.05) is 32.7 Å². The number of piperazine rings is 1. The third-order valence-corrected chi connectivity index (χ3v) is 4.79. The van der Waals surface area contributed by atoms with Gasteiger partial charge >= 0.3 is 0 Å². The largest absolute Gasteiger partial charge is 0.378 e. The number of carbonyl (C=O) groups is 1. The summed E-state index contributed by atoms with van der Waals surface area (Å²) in [7, 11) is 2.13. The maximum Gasteiger partial charge on any atom is 0.223 e. The van der Waals surface area contributed by atoms with Crippen molar-refractivity contribution in [2.45, 2.75) is 37.8 Å². The normalized spacial score (nSPS) is 26.3. The van der Waals surface area contributed by atoms with Crippen LogP contribution in [0.3, 0.4) is 0 Å². The molecule has 0 bridgehead atoms. The number of carbonyl (C=O) groups excluding carboxylic acids is 1. The van der Waals surface area contributed by atoms with Crippen LogP contribution in [-0.4, -0.2) is 55.1 Å². The number of benzene rings is 1. The first-order valence-electron chi connectivity index (χ1n) is 8.38. The van der Waals surface area contributed by atoms with E-state index >= 15 is 0 Å². The van der Waals surface area contributed by atoms with Crippen molar-refractivity contribution in [3.63, 3.8) is 0 Å².